The van der Waals surface area contributed by atoms with Crippen LogP contribution in [0, 0.1) is 0 Å². The van der Waals surface area contributed by atoms with E-state index in [0.29, 0.717) is 19.0 Å². The number of hydrogen-bond acceptors (Lipinski definition) is 6. The van der Waals surface area contributed by atoms with E-state index < -0.39 is 16.6 Å². The molecule has 0 atom stereocenters. The minimum Gasteiger partial charge on any atom is -0.433 e. The van der Waals surface area contributed by atoms with Crippen molar-refractivity contribution in [2.45, 2.75) is 11.5 Å². The quantitative estimate of drug-likeness (QED) is 0.760. The summed E-state index contributed by atoms with van der Waals surface area (Å²) in [6, 6.07) is 5.14. The first-order chi connectivity index (χ1) is 12.4. The van der Waals surface area contributed by atoms with Crippen LogP contribution in [0.1, 0.15) is 0 Å². The summed E-state index contributed by atoms with van der Waals surface area (Å²) in [4.78, 5) is 10.1. The lowest BCUT2D eigenvalue weighted by Gasteiger charge is -2.33. The predicted molar refractivity (Wildman–Crippen MR) is 91.1 cm³/mol. The van der Waals surface area contributed by atoms with Crippen molar-refractivity contribution in [2.75, 3.05) is 31.1 Å². The van der Waals surface area contributed by atoms with Gasteiger partial charge < -0.3 is 9.64 Å². The first-order valence-corrected chi connectivity index (χ1v) is 9.46. The fraction of sp³-hybridized carbons (Fsp3) is 0.333. The Hall–Kier alpha value is -2.04. The lowest BCUT2D eigenvalue weighted by molar-refractivity contribution is -0.0498. The van der Waals surface area contributed by atoms with E-state index in [4.69, 9.17) is 11.6 Å². The van der Waals surface area contributed by atoms with E-state index in [1.54, 1.807) is 18.5 Å². The largest absolute Gasteiger partial charge is 0.433 e. The van der Waals surface area contributed by atoms with Gasteiger partial charge in [0.15, 0.2) is 0 Å². The van der Waals surface area contributed by atoms with Crippen molar-refractivity contribution in [1.29, 1.82) is 0 Å². The van der Waals surface area contributed by atoms with Crippen LogP contribution in [0.15, 0.2) is 41.6 Å². The lowest BCUT2D eigenvalue weighted by atomic mass is 10.3. The Balaban J connectivity index is 1.72. The highest BCUT2D eigenvalue weighted by Crippen LogP contribution is 2.30. The Morgan fingerprint density at radius 1 is 1.12 bits per heavy atom. The van der Waals surface area contributed by atoms with Crippen LogP contribution in [0.5, 0.6) is 5.75 Å². The number of halogens is 3. The maximum Gasteiger partial charge on any atom is 0.387 e. The molecule has 26 heavy (non-hydrogen) atoms. The standard InChI is InChI=1S/C15H15ClF2N4O3S/c16-12-10-11(2-3-13(12)25-14(17)18)26(23,24)22-8-6-21(7-9-22)15-19-4-1-5-20-15/h1-5,10,14H,6-9H2. The van der Waals surface area contributed by atoms with Crippen LogP contribution in [0.25, 0.3) is 0 Å². The molecule has 3 rings (SSSR count). The van der Waals surface area contributed by atoms with Gasteiger partial charge in [-0.1, -0.05) is 11.6 Å². The van der Waals surface area contributed by atoms with E-state index in [2.05, 4.69) is 14.7 Å². The minimum absolute atomic E-state index is 0.0754. The van der Waals surface area contributed by atoms with E-state index in [1.165, 1.54) is 10.4 Å². The highest BCUT2D eigenvalue weighted by atomic mass is 35.5. The first-order valence-electron chi connectivity index (χ1n) is 7.64. The van der Waals surface area contributed by atoms with E-state index >= 15 is 0 Å². The second-order valence-corrected chi connectivity index (χ2v) is 7.76. The number of piperazine rings is 1. The van der Waals surface area contributed by atoms with Gasteiger partial charge in [-0.2, -0.15) is 13.1 Å². The molecule has 2 aromatic rings. The number of sulfonamides is 1. The molecule has 0 radical (unpaired) electrons. The molecule has 7 nitrogen and oxygen atoms in total. The molecule has 0 aliphatic carbocycles. The first kappa shape index (κ1) is 18.7. The fourth-order valence-corrected chi connectivity index (χ4v) is 4.30. The number of ether oxygens (including phenoxy) is 1. The average Bonchev–Trinajstić information content (AvgIpc) is 2.64. The van der Waals surface area contributed by atoms with Crippen LogP contribution in [0.4, 0.5) is 14.7 Å². The number of alkyl halides is 2. The van der Waals surface area contributed by atoms with Gasteiger partial charge in [0.1, 0.15) is 5.75 Å². The van der Waals surface area contributed by atoms with E-state index in [-0.39, 0.29) is 28.8 Å². The van der Waals surface area contributed by atoms with Gasteiger partial charge in [-0.3, -0.25) is 0 Å². The highest BCUT2D eigenvalue weighted by molar-refractivity contribution is 7.89. The van der Waals surface area contributed by atoms with Gasteiger partial charge in [-0.15, -0.1) is 0 Å². The summed E-state index contributed by atoms with van der Waals surface area (Å²) in [5, 5.41) is -0.192. The Bertz CT molecular complexity index is 862. The topological polar surface area (TPSA) is 75.6 Å². The van der Waals surface area contributed by atoms with Crippen molar-refractivity contribution in [3.05, 3.63) is 41.7 Å². The molecule has 1 fully saturated rings. The maximum atomic E-state index is 12.7. The van der Waals surface area contributed by atoms with Gasteiger partial charge in [-0.25, -0.2) is 18.4 Å². The Kier molecular flexibility index (Phi) is 5.54. The molecular weight excluding hydrogens is 390 g/mol. The summed E-state index contributed by atoms with van der Waals surface area (Å²) in [7, 11) is -3.80. The Morgan fingerprint density at radius 2 is 1.77 bits per heavy atom. The Labute approximate surface area is 154 Å². The average molecular weight is 405 g/mol. The number of rotatable bonds is 5. The normalized spacial score (nSPS) is 16.1. The van der Waals surface area contributed by atoms with E-state index in [9.17, 15) is 17.2 Å². The second-order valence-electron chi connectivity index (χ2n) is 5.41. The minimum atomic E-state index is -3.80. The maximum absolute atomic E-state index is 12.7. The number of aromatic nitrogens is 2. The zero-order valence-electron chi connectivity index (χ0n) is 13.4. The summed E-state index contributed by atoms with van der Waals surface area (Å²) in [5.41, 5.74) is 0. The molecule has 1 aliphatic rings. The van der Waals surface area contributed by atoms with E-state index in [0.717, 1.165) is 12.1 Å². The zero-order chi connectivity index (χ0) is 18.7. The molecule has 0 spiro atoms. The van der Waals surface area contributed by atoms with Crippen molar-refractivity contribution >= 4 is 27.6 Å². The number of nitrogens with zero attached hydrogens (tertiary/aromatic N) is 4. The third-order valence-corrected chi connectivity index (χ3v) is 6.02. The van der Waals surface area contributed by atoms with Crippen LogP contribution < -0.4 is 9.64 Å². The molecule has 2 heterocycles. The summed E-state index contributed by atoms with van der Waals surface area (Å²) >= 11 is 5.86. The highest BCUT2D eigenvalue weighted by Gasteiger charge is 2.29. The van der Waals surface area contributed by atoms with Crippen LogP contribution in [-0.2, 0) is 10.0 Å². The van der Waals surface area contributed by atoms with Crippen molar-refractivity contribution in [3.63, 3.8) is 0 Å². The molecule has 1 saturated heterocycles. The second kappa shape index (κ2) is 7.68. The molecule has 11 heteroatoms. The number of anilines is 1. The SMILES string of the molecule is O=S(=O)(c1ccc(OC(F)F)c(Cl)c1)N1CCN(c2ncccn2)CC1. The molecule has 140 valence electrons. The van der Waals surface area contributed by atoms with Crippen LogP contribution >= 0.6 is 11.6 Å². The molecule has 1 aromatic heterocycles. The van der Waals surface area contributed by atoms with Gasteiger partial charge in [0.25, 0.3) is 0 Å². The molecule has 1 aliphatic heterocycles. The van der Waals surface area contributed by atoms with Crippen LogP contribution in [0.2, 0.25) is 5.02 Å². The third kappa shape index (κ3) is 4.02. The molecule has 0 N–H and O–H groups in total. The van der Waals surface area contributed by atoms with Crippen molar-refractivity contribution in [1.82, 2.24) is 14.3 Å². The number of hydrogen-bond donors (Lipinski definition) is 0. The van der Waals surface area contributed by atoms with Crippen LogP contribution in [-0.4, -0.2) is 55.5 Å². The summed E-state index contributed by atoms with van der Waals surface area (Å²) < 4.78 is 55.6. The van der Waals surface area contributed by atoms with E-state index in [1.807, 2.05) is 4.90 Å². The molecule has 0 amide bonds. The van der Waals surface area contributed by atoms with Crippen molar-refractivity contribution in [2.24, 2.45) is 0 Å². The van der Waals surface area contributed by atoms with Gasteiger partial charge in [0, 0.05) is 38.6 Å². The zero-order valence-corrected chi connectivity index (χ0v) is 15.0. The third-order valence-electron chi connectivity index (χ3n) is 3.83. The monoisotopic (exact) mass is 404 g/mol. The summed E-state index contributed by atoms with van der Waals surface area (Å²) in [5.74, 6) is 0.271. The molecule has 0 bridgehead atoms. The fourth-order valence-electron chi connectivity index (χ4n) is 2.57. The molecule has 0 saturated carbocycles. The van der Waals surface area contributed by atoms with Gasteiger partial charge in [-0.05, 0) is 24.3 Å². The molecule has 1 aromatic carbocycles. The van der Waals surface area contributed by atoms with Gasteiger partial charge in [0.2, 0.25) is 16.0 Å². The number of benzene rings is 1. The predicted octanol–water partition coefficient (Wildman–Crippen LogP) is 2.24. The smallest absolute Gasteiger partial charge is 0.387 e. The van der Waals surface area contributed by atoms with Gasteiger partial charge >= 0.3 is 6.61 Å². The lowest BCUT2D eigenvalue weighted by Crippen LogP contribution is -2.49. The Morgan fingerprint density at radius 3 is 2.35 bits per heavy atom. The molecule has 0 unspecified atom stereocenters. The molecular formula is C15H15ClF2N4O3S. The van der Waals surface area contributed by atoms with Crippen LogP contribution in [0.3, 0.4) is 0 Å². The van der Waals surface area contributed by atoms with Crippen molar-refractivity contribution in [3.8, 4) is 5.75 Å². The van der Waals surface area contributed by atoms with Crippen molar-refractivity contribution < 1.29 is 21.9 Å². The van der Waals surface area contributed by atoms with Gasteiger partial charge in [0.05, 0.1) is 9.92 Å². The summed E-state index contributed by atoms with van der Waals surface area (Å²) in [6.45, 7) is -1.68. The summed E-state index contributed by atoms with van der Waals surface area (Å²) in [6.07, 6.45) is 3.24.